The summed E-state index contributed by atoms with van der Waals surface area (Å²) in [5.74, 6) is 0. The number of aliphatic hydroxyl groups is 1. The molecule has 0 aliphatic rings. The van der Waals surface area contributed by atoms with E-state index < -0.39 is 6.10 Å². The van der Waals surface area contributed by atoms with Gasteiger partial charge in [-0.25, -0.2) is 0 Å². The van der Waals surface area contributed by atoms with Crippen LogP contribution >= 0.6 is 0 Å². The first-order chi connectivity index (χ1) is 6.59. The highest BCUT2D eigenvalue weighted by atomic mass is 16.3. The Kier molecular flexibility index (Phi) is 3.77. The molecule has 1 aromatic heterocycles. The average molecular weight is 192 g/mol. The number of aliphatic hydroxyl groups excluding tert-OH is 1. The Balaban J connectivity index is 2.56. The number of allylic oxidation sites excluding steroid dienone is 1. The number of rotatable bonds is 4. The molecule has 0 aliphatic carbocycles. The molecule has 0 spiro atoms. The highest BCUT2D eigenvalue weighted by molar-refractivity contribution is 5.04. The van der Waals surface area contributed by atoms with Crippen molar-refractivity contribution in [2.75, 3.05) is 0 Å². The van der Waals surface area contributed by atoms with Crippen LogP contribution in [0.2, 0.25) is 0 Å². The highest BCUT2D eigenvalue weighted by Gasteiger charge is 2.08. The van der Waals surface area contributed by atoms with E-state index in [0.29, 0.717) is 12.1 Å². The van der Waals surface area contributed by atoms with E-state index in [0.717, 1.165) is 17.7 Å². The third kappa shape index (κ3) is 3.26. The van der Waals surface area contributed by atoms with Gasteiger partial charge in [0.1, 0.15) is 0 Å². The topological polar surface area (TPSA) is 46.0 Å². The van der Waals surface area contributed by atoms with Crippen molar-refractivity contribution in [1.29, 1.82) is 0 Å². The third-order valence-electron chi connectivity index (χ3n) is 1.99. The zero-order chi connectivity index (χ0) is 10.6. The fraction of sp³-hybridized carbons (Fsp3) is 0.455. The Morgan fingerprint density at radius 2 is 2.21 bits per heavy atom. The minimum atomic E-state index is -0.528. The van der Waals surface area contributed by atoms with Crippen LogP contribution in [0.3, 0.4) is 0 Å². The molecule has 1 atom stereocenters. The van der Waals surface area contributed by atoms with Crippen LogP contribution in [-0.4, -0.2) is 15.1 Å². The van der Waals surface area contributed by atoms with Crippen LogP contribution in [0.4, 0.5) is 0 Å². The summed E-state index contributed by atoms with van der Waals surface area (Å²) in [6, 6.07) is 0. The number of aryl methyl sites for hydroxylation is 1. The van der Waals surface area contributed by atoms with Gasteiger partial charge in [0, 0.05) is 6.20 Å². The van der Waals surface area contributed by atoms with Gasteiger partial charge >= 0.3 is 0 Å². The van der Waals surface area contributed by atoms with Crippen LogP contribution < -0.4 is 0 Å². The zero-order valence-electron chi connectivity index (χ0n) is 8.70. The lowest BCUT2D eigenvalue weighted by Gasteiger charge is -2.09. The largest absolute Gasteiger partial charge is 0.387 e. The van der Waals surface area contributed by atoms with Crippen LogP contribution in [0.5, 0.6) is 0 Å². The SMILES string of the molecule is C=C(C)CCC(O)c1cnc(C)cn1. The molecular weight excluding hydrogens is 176 g/mol. The maximum Gasteiger partial charge on any atom is 0.0978 e. The summed E-state index contributed by atoms with van der Waals surface area (Å²) < 4.78 is 0. The fourth-order valence-corrected chi connectivity index (χ4v) is 1.11. The standard InChI is InChI=1S/C11H16N2O/c1-8(2)4-5-11(14)10-7-12-9(3)6-13-10/h6-7,11,14H,1,4-5H2,2-3H3. The summed E-state index contributed by atoms with van der Waals surface area (Å²) in [5.41, 5.74) is 2.57. The summed E-state index contributed by atoms with van der Waals surface area (Å²) in [4.78, 5) is 8.20. The van der Waals surface area contributed by atoms with Crippen molar-refractivity contribution >= 4 is 0 Å². The average Bonchev–Trinajstić information content (AvgIpc) is 2.15. The molecule has 0 fully saturated rings. The minimum absolute atomic E-state index is 0.528. The van der Waals surface area contributed by atoms with Crippen molar-refractivity contribution in [1.82, 2.24) is 9.97 Å². The van der Waals surface area contributed by atoms with Gasteiger partial charge < -0.3 is 5.11 Å². The van der Waals surface area contributed by atoms with Crippen molar-refractivity contribution in [2.24, 2.45) is 0 Å². The Bertz CT molecular complexity index is 306. The van der Waals surface area contributed by atoms with E-state index in [-0.39, 0.29) is 0 Å². The van der Waals surface area contributed by atoms with Crippen LogP contribution in [0, 0.1) is 6.92 Å². The molecule has 14 heavy (non-hydrogen) atoms. The predicted molar refractivity (Wildman–Crippen MR) is 55.8 cm³/mol. The monoisotopic (exact) mass is 192 g/mol. The summed E-state index contributed by atoms with van der Waals surface area (Å²) in [6.07, 6.45) is 4.24. The lowest BCUT2D eigenvalue weighted by atomic mass is 10.1. The number of hydrogen-bond acceptors (Lipinski definition) is 3. The first-order valence-electron chi connectivity index (χ1n) is 4.70. The van der Waals surface area contributed by atoms with Crippen molar-refractivity contribution in [3.8, 4) is 0 Å². The van der Waals surface area contributed by atoms with E-state index >= 15 is 0 Å². The molecule has 0 radical (unpaired) electrons. The summed E-state index contributed by atoms with van der Waals surface area (Å²) >= 11 is 0. The van der Waals surface area contributed by atoms with Crippen LogP contribution in [0.15, 0.2) is 24.5 Å². The second-order valence-corrected chi connectivity index (χ2v) is 3.59. The van der Waals surface area contributed by atoms with E-state index in [9.17, 15) is 5.11 Å². The minimum Gasteiger partial charge on any atom is -0.387 e. The van der Waals surface area contributed by atoms with Gasteiger partial charge in [-0.1, -0.05) is 5.57 Å². The van der Waals surface area contributed by atoms with E-state index in [1.165, 1.54) is 0 Å². The molecule has 0 bridgehead atoms. The van der Waals surface area contributed by atoms with Crippen molar-refractivity contribution < 1.29 is 5.11 Å². The number of nitrogens with zero attached hydrogens (tertiary/aromatic N) is 2. The molecule has 1 N–H and O–H groups in total. The zero-order valence-corrected chi connectivity index (χ0v) is 8.70. The molecular formula is C11H16N2O. The van der Waals surface area contributed by atoms with E-state index in [2.05, 4.69) is 16.5 Å². The summed E-state index contributed by atoms with van der Waals surface area (Å²) in [5, 5.41) is 9.72. The lowest BCUT2D eigenvalue weighted by molar-refractivity contribution is 0.162. The molecule has 1 heterocycles. The van der Waals surface area contributed by atoms with E-state index in [1.807, 2.05) is 13.8 Å². The maximum absolute atomic E-state index is 9.72. The van der Waals surface area contributed by atoms with Crippen LogP contribution in [-0.2, 0) is 0 Å². The van der Waals surface area contributed by atoms with Gasteiger partial charge in [0.15, 0.2) is 0 Å². The Morgan fingerprint density at radius 1 is 1.50 bits per heavy atom. The lowest BCUT2D eigenvalue weighted by Crippen LogP contribution is -2.01. The second-order valence-electron chi connectivity index (χ2n) is 3.59. The molecule has 76 valence electrons. The van der Waals surface area contributed by atoms with Gasteiger partial charge in [-0.15, -0.1) is 6.58 Å². The Labute approximate surface area is 84.5 Å². The first kappa shape index (κ1) is 10.9. The second kappa shape index (κ2) is 4.86. The molecule has 0 aliphatic heterocycles. The van der Waals surface area contributed by atoms with Crippen molar-refractivity contribution in [2.45, 2.75) is 32.8 Å². The maximum atomic E-state index is 9.72. The van der Waals surface area contributed by atoms with Gasteiger partial charge in [-0.2, -0.15) is 0 Å². The molecule has 1 unspecified atom stereocenters. The number of aromatic nitrogens is 2. The predicted octanol–water partition coefficient (Wildman–Crippen LogP) is 2.17. The first-order valence-corrected chi connectivity index (χ1v) is 4.70. The van der Waals surface area contributed by atoms with Gasteiger partial charge in [-0.05, 0) is 26.7 Å². The molecule has 0 aromatic carbocycles. The normalized spacial score (nSPS) is 12.5. The van der Waals surface area contributed by atoms with E-state index in [4.69, 9.17) is 0 Å². The summed E-state index contributed by atoms with van der Waals surface area (Å²) in [7, 11) is 0. The quantitative estimate of drug-likeness (QED) is 0.744. The van der Waals surface area contributed by atoms with Crippen molar-refractivity contribution in [3.63, 3.8) is 0 Å². The molecule has 3 nitrogen and oxygen atoms in total. The van der Waals surface area contributed by atoms with Gasteiger partial charge in [0.25, 0.3) is 0 Å². The molecule has 0 saturated heterocycles. The molecule has 1 aromatic rings. The van der Waals surface area contributed by atoms with Gasteiger partial charge in [-0.3, -0.25) is 9.97 Å². The Morgan fingerprint density at radius 3 is 2.71 bits per heavy atom. The van der Waals surface area contributed by atoms with Gasteiger partial charge in [0.05, 0.1) is 23.7 Å². The fourth-order valence-electron chi connectivity index (χ4n) is 1.11. The van der Waals surface area contributed by atoms with Crippen molar-refractivity contribution in [3.05, 3.63) is 35.9 Å². The summed E-state index contributed by atoms with van der Waals surface area (Å²) in [6.45, 7) is 7.61. The number of hydrogen-bond donors (Lipinski definition) is 1. The van der Waals surface area contributed by atoms with E-state index in [1.54, 1.807) is 12.4 Å². The van der Waals surface area contributed by atoms with Crippen LogP contribution in [0.1, 0.15) is 37.3 Å². The Hall–Kier alpha value is -1.22. The van der Waals surface area contributed by atoms with Gasteiger partial charge in [0.2, 0.25) is 0 Å². The molecule has 0 saturated carbocycles. The molecule has 3 heteroatoms. The van der Waals surface area contributed by atoms with Crippen LogP contribution in [0.25, 0.3) is 0 Å². The molecule has 0 amide bonds. The third-order valence-corrected chi connectivity index (χ3v) is 1.99. The molecule has 1 rings (SSSR count). The smallest absolute Gasteiger partial charge is 0.0978 e. The highest BCUT2D eigenvalue weighted by Crippen LogP contribution is 2.17.